The molecule has 2 unspecified atom stereocenters. The van der Waals surface area contributed by atoms with E-state index < -0.39 is 6.10 Å². The van der Waals surface area contributed by atoms with E-state index in [0.29, 0.717) is 5.56 Å². The van der Waals surface area contributed by atoms with Gasteiger partial charge in [0.1, 0.15) is 5.82 Å². The van der Waals surface area contributed by atoms with Crippen molar-refractivity contribution in [3.63, 3.8) is 0 Å². The van der Waals surface area contributed by atoms with Crippen molar-refractivity contribution in [3.8, 4) is 0 Å². The molecule has 2 aromatic rings. The summed E-state index contributed by atoms with van der Waals surface area (Å²) in [5.74, 6) is -0.490. The molecular formula is C15H15FO. The summed E-state index contributed by atoms with van der Waals surface area (Å²) in [6.45, 7) is 1.90. The molecule has 0 radical (unpaired) electrons. The Balaban J connectivity index is 2.27. The van der Waals surface area contributed by atoms with Gasteiger partial charge in [-0.2, -0.15) is 0 Å². The Morgan fingerprint density at radius 3 is 2.18 bits per heavy atom. The summed E-state index contributed by atoms with van der Waals surface area (Å²) in [5, 5.41) is 10.2. The molecule has 0 saturated heterocycles. The molecule has 0 amide bonds. The Bertz CT molecular complexity index is 481. The fourth-order valence-corrected chi connectivity index (χ4v) is 1.92. The topological polar surface area (TPSA) is 20.2 Å². The van der Waals surface area contributed by atoms with Gasteiger partial charge in [0.2, 0.25) is 0 Å². The second-order valence-electron chi connectivity index (χ2n) is 4.17. The van der Waals surface area contributed by atoms with Crippen molar-refractivity contribution in [2.45, 2.75) is 18.9 Å². The monoisotopic (exact) mass is 230 g/mol. The van der Waals surface area contributed by atoms with Crippen LogP contribution in [-0.4, -0.2) is 5.11 Å². The first-order chi connectivity index (χ1) is 8.20. The molecular weight excluding hydrogens is 215 g/mol. The lowest BCUT2D eigenvalue weighted by Crippen LogP contribution is -2.09. The molecule has 0 aliphatic carbocycles. The number of halogens is 1. The van der Waals surface area contributed by atoms with Crippen molar-refractivity contribution in [1.29, 1.82) is 0 Å². The van der Waals surface area contributed by atoms with E-state index in [1.54, 1.807) is 18.2 Å². The molecule has 2 rings (SSSR count). The number of aliphatic hydroxyl groups is 1. The lowest BCUT2D eigenvalue weighted by atomic mass is 9.91. The van der Waals surface area contributed by atoms with Crippen molar-refractivity contribution >= 4 is 0 Å². The Labute approximate surface area is 101 Å². The summed E-state index contributed by atoms with van der Waals surface area (Å²) < 4.78 is 13.6. The Hall–Kier alpha value is -1.67. The smallest absolute Gasteiger partial charge is 0.129 e. The van der Waals surface area contributed by atoms with E-state index >= 15 is 0 Å². The highest BCUT2D eigenvalue weighted by atomic mass is 19.1. The average molecular weight is 230 g/mol. The van der Waals surface area contributed by atoms with E-state index in [2.05, 4.69) is 0 Å². The van der Waals surface area contributed by atoms with Gasteiger partial charge in [0.15, 0.2) is 0 Å². The number of hydrogen-bond acceptors (Lipinski definition) is 1. The molecule has 0 aliphatic heterocycles. The molecule has 0 bridgehead atoms. The van der Waals surface area contributed by atoms with Crippen LogP contribution in [-0.2, 0) is 0 Å². The molecule has 0 fully saturated rings. The van der Waals surface area contributed by atoms with Gasteiger partial charge >= 0.3 is 0 Å². The quantitative estimate of drug-likeness (QED) is 0.853. The molecule has 17 heavy (non-hydrogen) atoms. The van der Waals surface area contributed by atoms with E-state index in [-0.39, 0.29) is 11.7 Å². The second-order valence-corrected chi connectivity index (χ2v) is 4.17. The van der Waals surface area contributed by atoms with E-state index in [1.165, 1.54) is 6.07 Å². The van der Waals surface area contributed by atoms with E-state index in [0.717, 1.165) is 5.56 Å². The minimum atomic E-state index is -0.821. The molecule has 2 heteroatoms. The van der Waals surface area contributed by atoms with Gasteiger partial charge in [0, 0.05) is 11.5 Å². The molecule has 2 aromatic carbocycles. The third-order valence-electron chi connectivity index (χ3n) is 3.02. The van der Waals surface area contributed by atoms with Crippen LogP contribution in [0.1, 0.15) is 30.1 Å². The summed E-state index contributed by atoms with van der Waals surface area (Å²) in [4.78, 5) is 0. The van der Waals surface area contributed by atoms with Gasteiger partial charge in [-0.1, -0.05) is 55.5 Å². The van der Waals surface area contributed by atoms with Crippen LogP contribution in [0, 0.1) is 5.82 Å². The van der Waals surface area contributed by atoms with Crippen LogP contribution in [0.25, 0.3) is 0 Å². The van der Waals surface area contributed by atoms with Crippen LogP contribution in [0.2, 0.25) is 0 Å². The van der Waals surface area contributed by atoms with E-state index in [4.69, 9.17) is 0 Å². The molecule has 88 valence electrons. The van der Waals surface area contributed by atoms with Crippen molar-refractivity contribution in [2.24, 2.45) is 0 Å². The van der Waals surface area contributed by atoms with Gasteiger partial charge in [-0.3, -0.25) is 0 Å². The minimum absolute atomic E-state index is 0.131. The lowest BCUT2D eigenvalue weighted by molar-refractivity contribution is 0.147. The van der Waals surface area contributed by atoms with E-state index in [1.807, 2.05) is 37.3 Å². The van der Waals surface area contributed by atoms with Crippen LogP contribution < -0.4 is 0 Å². The number of rotatable bonds is 3. The number of hydrogen-bond donors (Lipinski definition) is 1. The Kier molecular flexibility index (Phi) is 3.55. The van der Waals surface area contributed by atoms with Gasteiger partial charge in [-0.25, -0.2) is 4.39 Å². The maximum absolute atomic E-state index is 13.6. The summed E-state index contributed by atoms with van der Waals surface area (Å²) in [7, 11) is 0. The van der Waals surface area contributed by atoms with Crippen LogP contribution in [0.3, 0.4) is 0 Å². The van der Waals surface area contributed by atoms with Crippen molar-refractivity contribution in [3.05, 3.63) is 71.5 Å². The van der Waals surface area contributed by atoms with Gasteiger partial charge in [0.25, 0.3) is 0 Å². The molecule has 0 saturated carbocycles. The standard InChI is InChI=1S/C15H15FO/c1-11(12-7-3-2-4-8-12)15(17)13-9-5-6-10-14(13)16/h2-11,15,17H,1H3. The fourth-order valence-electron chi connectivity index (χ4n) is 1.92. The third-order valence-corrected chi connectivity index (χ3v) is 3.02. The van der Waals surface area contributed by atoms with Crippen molar-refractivity contribution in [1.82, 2.24) is 0 Å². The molecule has 0 aliphatic rings. The summed E-state index contributed by atoms with van der Waals surface area (Å²) in [6, 6.07) is 16.0. The van der Waals surface area contributed by atoms with Gasteiger partial charge in [-0.15, -0.1) is 0 Å². The maximum Gasteiger partial charge on any atom is 0.129 e. The summed E-state index contributed by atoms with van der Waals surface area (Å²) >= 11 is 0. The minimum Gasteiger partial charge on any atom is -0.388 e. The van der Waals surface area contributed by atoms with Crippen LogP contribution >= 0.6 is 0 Å². The first kappa shape index (κ1) is 11.8. The van der Waals surface area contributed by atoms with Crippen molar-refractivity contribution in [2.75, 3.05) is 0 Å². The first-order valence-electron chi connectivity index (χ1n) is 5.67. The zero-order valence-electron chi connectivity index (χ0n) is 9.68. The first-order valence-corrected chi connectivity index (χ1v) is 5.67. The average Bonchev–Trinajstić information content (AvgIpc) is 2.39. The normalized spacial score (nSPS) is 14.3. The Morgan fingerprint density at radius 2 is 1.53 bits per heavy atom. The van der Waals surface area contributed by atoms with Gasteiger partial charge < -0.3 is 5.11 Å². The molecule has 2 atom stereocenters. The van der Waals surface area contributed by atoms with Crippen LogP contribution in [0.5, 0.6) is 0 Å². The third kappa shape index (κ3) is 2.53. The molecule has 0 heterocycles. The molecule has 0 aromatic heterocycles. The highest BCUT2D eigenvalue weighted by Gasteiger charge is 2.20. The molecule has 0 spiro atoms. The molecule has 1 N–H and O–H groups in total. The van der Waals surface area contributed by atoms with Gasteiger partial charge in [0.05, 0.1) is 6.10 Å². The molecule has 1 nitrogen and oxygen atoms in total. The fraction of sp³-hybridized carbons (Fsp3) is 0.200. The van der Waals surface area contributed by atoms with Gasteiger partial charge in [-0.05, 0) is 11.6 Å². The largest absolute Gasteiger partial charge is 0.388 e. The zero-order chi connectivity index (χ0) is 12.3. The van der Waals surface area contributed by atoms with Crippen molar-refractivity contribution < 1.29 is 9.50 Å². The highest BCUT2D eigenvalue weighted by Crippen LogP contribution is 2.31. The highest BCUT2D eigenvalue weighted by molar-refractivity contribution is 5.26. The zero-order valence-corrected chi connectivity index (χ0v) is 9.68. The summed E-state index contributed by atoms with van der Waals surface area (Å²) in [5.41, 5.74) is 1.35. The predicted octanol–water partition coefficient (Wildman–Crippen LogP) is 3.66. The maximum atomic E-state index is 13.6. The van der Waals surface area contributed by atoms with Crippen LogP contribution in [0.4, 0.5) is 4.39 Å². The summed E-state index contributed by atoms with van der Waals surface area (Å²) in [6.07, 6.45) is -0.821. The Morgan fingerprint density at radius 1 is 0.941 bits per heavy atom. The lowest BCUT2D eigenvalue weighted by Gasteiger charge is -2.20. The van der Waals surface area contributed by atoms with E-state index in [9.17, 15) is 9.50 Å². The SMILES string of the molecule is CC(c1ccccc1)C(O)c1ccccc1F. The number of benzene rings is 2. The predicted molar refractivity (Wildman–Crippen MR) is 66.2 cm³/mol. The second kappa shape index (κ2) is 5.11. The number of aliphatic hydroxyl groups excluding tert-OH is 1. The van der Waals surface area contributed by atoms with Crippen LogP contribution in [0.15, 0.2) is 54.6 Å².